The fourth-order valence-corrected chi connectivity index (χ4v) is 2.21. The van der Waals surface area contributed by atoms with Crippen molar-refractivity contribution in [2.75, 3.05) is 20.3 Å². The Balaban J connectivity index is 2.42. The first-order valence-electron chi connectivity index (χ1n) is 7.28. The summed E-state index contributed by atoms with van der Waals surface area (Å²) < 4.78 is 15.8. The van der Waals surface area contributed by atoms with Crippen molar-refractivity contribution in [3.63, 3.8) is 0 Å². The van der Waals surface area contributed by atoms with Crippen LogP contribution >= 0.6 is 0 Å². The molecule has 0 amide bonds. The molecular weight excluding hydrogens is 280 g/mol. The Bertz CT molecular complexity index is 632. The molecule has 22 heavy (non-hydrogen) atoms. The number of hydrogen-bond acceptors (Lipinski definition) is 4. The van der Waals surface area contributed by atoms with Crippen molar-refractivity contribution < 1.29 is 19.0 Å². The van der Waals surface area contributed by atoms with Gasteiger partial charge in [-0.25, -0.2) is 4.79 Å². The fourth-order valence-electron chi connectivity index (χ4n) is 2.21. The highest BCUT2D eigenvalue weighted by atomic mass is 16.5. The molecule has 2 aromatic carbocycles. The van der Waals surface area contributed by atoms with Crippen LogP contribution in [0, 0.1) is 0 Å². The van der Waals surface area contributed by atoms with E-state index in [0.717, 1.165) is 16.9 Å². The van der Waals surface area contributed by atoms with Crippen molar-refractivity contribution in [1.29, 1.82) is 0 Å². The summed E-state index contributed by atoms with van der Waals surface area (Å²) in [5.41, 5.74) is 2.21. The minimum absolute atomic E-state index is 0.384. The Morgan fingerprint density at radius 1 is 0.909 bits per heavy atom. The molecule has 0 N–H and O–H groups in total. The molecule has 4 nitrogen and oxygen atoms in total. The highest BCUT2D eigenvalue weighted by molar-refractivity contribution is 5.97. The Kier molecular flexibility index (Phi) is 5.42. The van der Waals surface area contributed by atoms with Crippen LogP contribution in [0.2, 0.25) is 0 Å². The molecule has 2 aromatic rings. The van der Waals surface area contributed by atoms with E-state index in [1.54, 1.807) is 6.07 Å². The Morgan fingerprint density at radius 2 is 1.50 bits per heavy atom. The smallest absolute Gasteiger partial charge is 0.338 e. The van der Waals surface area contributed by atoms with E-state index < -0.39 is 0 Å². The van der Waals surface area contributed by atoms with Crippen LogP contribution in [-0.2, 0) is 4.74 Å². The van der Waals surface area contributed by atoms with Crippen molar-refractivity contribution in [3.05, 3.63) is 48.0 Å². The lowest BCUT2D eigenvalue weighted by atomic mass is 9.99. The van der Waals surface area contributed by atoms with Crippen LogP contribution in [0.4, 0.5) is 0 Å². The maximum absolute atomic E-state index is 12.0. The van der Waals surface area contributed by atoms with Gasteiger partial charge in [-0.2, -0.15) is 0 Å². The van der Waals surface area contributed by atoms with Gasteiger partial charge in [0.2, 0.25) is 0 Å². The molecule has 0 radical (unpaired) electrons. The molecule has 0 spiro atoms. The fraction of sp³-hybridized carbons (Fsp3) is 0.278. The van der Waals surface area contributed by atoms with E-state index in [-0.39, 0.29) is 5.97 Å². The molecule has 0 bridgehead atoms. The maximum atomic E-state index is 12.0. The monoisotopic (exact) mass is 300 g/mol. The van der Waals surface area contributed by atoms with Gasteiger partial charge in [-0.15, -0.1) is 0 Å². The lowest BCUT2D eigenvalue weighted by molar-refractivity contribution is 0.0601. The summed E-state index contributed by atoms with van der Waals surface area (Å²) in [7, 11) is 1.37. The standard InChI is InChI=1S/C18H20O4/c1-4-21-14-8-6-13(7-9-14)16-11-10-15(22-5-2)12-17(16)18(19)20-3/h6-12H,4-5H2,1-3H3. The summed E-state index contributed by atoms with van der Waals surface area (Å²) in [6, 6.07) is 13.0. The van der Waals surface area contributed by atoms with Crippen LogP contribution in [0.25, 0.3) is 11.1 Å². The number of ether oxygens (including phenoxy) is 3. The maximum Gasteiger partial charge on any atom is 0.338 e. The van der Waals surface area contributed by atoms with Gasteiger partial charge in [0.15, 0.2) is 0 Å². The van der Waals surface area contributed by atoms with Crippen molar-refractivity contribution >= 4 is 5.97 Å². The minimum atomic E-state index is -0.384. The van der Waals surface area contributed by atoms with Crippen LogP contribution in [-0.4, -0.2) is 26.3 Å². The summed E-state index contributed by atoms with van der Waals surface area (Å²) in [6.45, 7) is 5.01. The van der Waals surface area contributed by atoms with Gasteiger partial charge in [-0.05, 0) is 55.3 Å². The van der Waals surface area contributed by atoms with Gasteiger partial charge in [0, 0.05) is 0 Å². The van der Waals surface area contributed by atoms with E-state index in [0.29, 0.717) is 24.5 Å². The summed E-state index contributed by atoms with van der Waals surface area (Å²) in [5, 5.41) is 0. The summed E-state index contributed by atoms with van der Waals surface area (Å²) in [4.78, 5) is 12.0. The van der Waals surface area contributed by atoms with E-state index in [9.17, 15) is 4.79 Å². The quantitative estimate of drug-likeness (QED) is 0.758. The third-order valence-electron chi connectivity index (χ3n) is 3.18. The number of rotatable bonds is 6. The molecule has 0 aliphatic rings. The first-order chi connectivity index (χ1) is 10.7. The third kappa shape index (κ3) is 3.58. The zero-order valence-corrected chi connectivity index (χ0v) is 13.1. The predicted molar refractivity (Wildman–Crippen MR) is 85.6 cm³/mol. The van der Waals surface area contributed by atoms with Crippen molar-refractivity contribution in [2.45, 2.75) is 13.8 Å². The van der Waals surface area contributed by atoms with Gasteiger partial charge in [-0.1, -0.05) is 12.1 Å². The second-order valence-electron chi connectivity index (χ2n) is 4.59. The van der Waals surface area contributed by atoms with Crippen molar-refractivity contribution in [3.8, 4) is 22.6 Å². The Hall–Kier alpha value is -2.49. The Morgan fingerprint density at radius 3 is 2.09 bits per heavy atom. The largest absolute Gasteiger partial charge is 0.494 e. The highest BCUT2D eigenvalue weighted by Crippen LogP contribution is 2.29. The Labute approximate surface area is 130 Å². The van der Waals surface area contributed by atoms with Crippen molar-refractivity contribution in [1.82, 2.24) is 0 Å². The predicted octanol–water partition coefficient (Wildman–Crippen LogP) is 3.94. The number of carbonyl (C=O) groups excluding carboxylic acids is 1. The highest BCUT2D eigenvalue weighted by Gasteiger charge is 2.15. The molecule has 2 rings (SSSR count). The topological polar surface area (TPSA) is 44.8 Å². The van der Waals surface area contributed by atoms with E-state index >= 15 is 0 Å². The van der Waals surface area contributed by atoms with Crippen molar-refractivity contribution in [2.24, 2.45) is 0 Å². The van der Waals surface area contributed by atoms with Crippen LogP contribution in [0.1, 0.15) is 24.2 Å². The summed E-state index contributed by atoms with van der Waals surface area (Å²) in [6.07, 6.45) is 0. The lowest BCUT2D eigenvalue weighted by Gasteiger charge is -2.11. The zero-order valence-electron chi connectivity index (χ0n) is 13.1. The van der Waals surface area contributed by atoms with Crippen LogP contribution in [0.3, 0.4) is 0 Å². The van der Waals surface area contributed by atoms with E-state index in [2.05, 4.69) is 0 Å². The zero-order chi connectivity index (χ0) is 15.9. The molecule has 116 valence electrons. The second kappa shape index (κ2) is 7.50. The molecule has 4 heteroatoms. The van der Waals surface area contributed by atoms with E-state index in [1.165, 1.54) is 7.11 Å². The molecule has 0 atom stereocenters. The summed E-state index contributed by atoms with van der Waals surface area (Å²) in [5.74, 6) is 1.07. The molecule has 0 heterocycles. The normalized spacial score (nSPS) is 10.1. The number of carbonyl (C=O) groups is 1. The number of methoxy groups -OCH3 is 1. The number of esters is 1. The molecule has 0 unspecified atom stereocenters. The molecule has 0 fully saturated rings. The van der Waals surface area contributed by atoms with Crippen LogP contribution in [0.15, 0.2) is 42.5 Å². The first-order valence-corrected chi connectivity index (χ1v) is 7.28. The number of hydrogen-bond donors (Lipinski definition) is 0. The van der Waals surface area contributed by atoms with Gasteiger partial charge < -0.3 is 14.2 Å². The second-order valence-corrected chi connectivity index (χ2v) is 4.59. The molecule has 0 aromatic heterocycles. The molecule has 0 saturated carbocycles. The average molecular weight is 300 g/mol. The third-order valence-corrected chi connectivity index (χ3v) is 3.18. The molecule has 0 aliphatic heterocycles. The van der Waals surface area contributed by atoms with Gasteiger partial charge in [0.1, 0.15) is 11.5 Å². The molecule has 0 aliphatic carbocycles. The molecular formula is C18H20O4. The lowest BCUT2D eigenvalue weighted by Crippen LogP contribution is -2.04. The van der Waals surface area contributed by atoms with Gasteiger partial charge >= 0.3 is 5.97 Å². The SMILES string of the molecule is CCOc1ccc(-c2ccc(OCC)cc2C(=O)OC)cc1. The summed E-state index contributed by atoms with van der Waals surface area (Å²) >= 11 is 0. The van der Waals surface area contributed by atoms with Gasteiger partial charge in [-0.3, -0.25) is 0 Å². The van der Waals surface area contributed by atoms with Crippen LogP contribution in [0.5, 0.6) is 11.5 Å². The van der Waals surface area contributed by atoms with Crippen LogP contribution < -0.4 is 9.47 Å². The van der Waals surface area contributed by atoms with E-state index in [4.69, 9.17) is 14.2 Å². The average Bonchev–Trinajstić information content (AvgIpc) is 2.55. The van der Waals surface area contributed by atoms with Gasteiger partial charge in [0.25, 0.3) is 0 Å². The minimum Gasteiger partial charge on any atom is -0.494 e. The number of benzene rings is 2. The first kappa shape index (κ1) is 15.9. The molecule has 0 saturated heterocycles. The van der Waals surface area contributed by atoms with E-state index in [1.807, 2.05) is 50.2 Å². The van der Waals surface area contributed by atoms with Gasteiger partial charge in [0.05, 0.1) is 25.9 Å².